The van der Waals surface area contributed by atoms with E-state index in [4.69, 9.17) is 4.42 Å². The van der Waals surface area contributed by atoms with Crippen LogP contribution < -0.4 is 10.9 Å². The van der Waals surface area contributed by atoms with Crippen LogP contribution in [0.2, 0.25) is 0 Å². The number of sulfonamides is 1. The Balaban J connectivity index is 1.56. The normalized spacial score (nSPS) is 17.9. The molecule has 0 radical (unpaired) electrons. The van der Waals surface area contributed by atoms with E-state index in [1.807, 2.05) is 6.92 Å². The number of benzene rings is 1. The summed E-state index contributed by atoms with van der Waals surface area (Å²) in [6, 6.07) is 10.0. The van der Waals surface area contributed by atoms with Crippen molar-refractivity contribution in [2.24, 2.45) is 5.92 Å². The summed E-state index contributed by atoms with van der Waals surface area (Å²) in [5.41, 5.74) is 5.63. The third-order valence-electron chi connectivity index (χ3n) is 4.66. The van der Waals surface area contributed by atoms with Gasteiger partial charge < -0.3 is 4.42 Å². The Morgan fingerprint density at radius 3 is 2.62 bits per heavy atom. The number of carbonyl (C=O) groups is 2. The van der Waals surface area contributed by atoms with Crippen molar-refractivity contribution in [3.63, 3.8) is 0 Å². The number of amides is 2. The lowest BCUT2D eigenvalue weighted by Gasteiger charge is -2.31. The minimum atomic E-state index is -3.67. The van der Waals surface area contributed by atoms with Crippen LogP contribution in [-0.2, 0) is 19.6 Å². The molecule has 154 valence electrons. The molecule has 0 aliphatic carbocycles. The van der Waals surface area contributed by atoms with Gasteiger partial charge in [-0.25, -0.2) is 8.42 Å². The summed E-state index contributed by atoms with van der Waals surface area (Å²) in [5.74, 6) is -0.975. The number of hydrogen-bond acceptors (Lipinski definition) is 5. The summed E-state index contributed by atoms with van der Waals surface area (Å²) >= 11 is 0. The first kappa shape index (κ1) is 20.8. The molecular weight excluding hydrogens is 394 g/mol. The molecule has 2 N–H and O–H groups in total. The van der Waals surface area contributed by atoms with Gasteiger partial charge in [-0.15, -0.1) is 0 Å². The fourth-order valence-electron chi connectivity index (χ4n) is 3.04. The summed E-state index contributed by atoms with van der Waals surface area (Å²) in [6.45, 7) is 2.31. The minimum absolute atomic E-state index is 0.0696. The molecule has 1 aliphatic rings. The van der Waals surface area contributed by atoms with Crippen LogP contribution in [0.1, 0.15) is 24.2 Å². The van der Waals surface area contributed by atoms with Crippen LogP contribution in [0.5, 0.6) is 0 Å². The van der Waals surface area contributed by atoms with E-state index in [1.54, 1.807) is 36.4 Å². The fourth-order valence-corrected chi connectivity index (χ4v) is 4.57. The van der Waals surface area contributed by atoms with E-state index in [0.29, 0.717) is 25.1 Å². The molecule has 1 aromatic carbocycles. The number of rotatable bonds is 5. The van der Waals surface area contributed by atoms with E-state index in [9.17, 15) is 18.0 Å². The number of furan rings is 1. The van der Waals surface area contributed by atoms with Crippen molar-refractivity contribution in [3.8, 4) is 0 Å². The first-order chi connectivity index (χ1) is 13.9. The Morgan fingerprint density at radius 1 is 1.17 bits per heavy atom. The first-order valence-electron chi connectivity index (χ1n) is 9.24. The molecule has 1 aliphatic heterocycles. The summed E-state index contributed by atoms with van der Waals surface area (Å²) in [6.07, 6.45) is 5.30. The average molecular weight is 417 g/mol. The number of hydrazine groups is 1. The van der Waals surface area contributed by atoms with Gasteiger partial charge in [-0.1, -0.05) is 17.7 Å². The van der Waals surface area contributed by atoms with Crippen LogP contribution in [0, 0.1) is 12.8 Å². The van der Waals surface area contributed by atoms with E-state index in [0.717, 1.165) is 5.56 Å². The van der Waals surface area contributed by atoms with Gasteiger partial charge in [0, 0.05) is 19.2 Å². The summed E-state index contributed by atoms with van der Waals surface area (Å²) in [4.78, 5) is 24.4. The SMILES string of the molecule is Cc1ccc(S(=O)(=O)N2CCC[C@H](C(=O)NNC(=O)/C=C/c3ccco3)C2)cc1. The van der Waals surface area contributed by atoms with Gasteiger partial charge in [-0.3, -0.25) is 20.4 Å². The Labute approximate surface area is 169 Å². The zero-order valence-electron chi connectivity index (χ0n) is 16.0. The molecule has 2 heterocycles. The standard InChI is InChI=1S/C20H23N3O5S/c1-15-6-9-18(10-7-15)29(26,27)23-12-2-4-16(14-23)20(25)22-21-19(24)11-8-17-5-3-13-28-17/h3,5-11,13,16H,2,4,12,14H2,1H3,(H,21,24)(H,22,25)/b11-8+/t16-/m0/s1. The maximum Gasteiger partial charge on any atom is 0.262 e. The highest BCUT2D eigenvalue weighted by Gasteiger charge is 2.33. The Bertz CT molecular complexity index is 982. The molecule has 1 aromatic heterocycles. The topological polar surface area (TPSA) is 109 Å². The molecule has 8 nitrogen and oxygen atoms in total. The van der Waals surface area contributed by atoms with Crippen LogP contribution in [0.3, 0.4) is 0 Å². The number of nitrogens with one attached hydrogen (secondary N) is 2. The predicted molar refractivity (Wildman–Crippen MR) is 107 cm³/mol. The van der Waals surface area contributed by atoms with Crippen molar-refractivity contribution in [2.75, 3.05) is 13.1 Å². The van der Waals surface area contributed by atoms with Gasteiger partial charge in [0.1, 0.15) is 5.76 Å². The molecule has 9 heteroatoms. The molecule has 29 heavy (non-hydrogen) atoms. The van der Waals surface area contributed by atoms with Gasteiger partial charge in [0.05, 0.1) is 17.1 Å². The summed E-state index contributed by atoms with van der Waals surface area (Å²) < 4.78 is 32.1. The number of nitrogens with zero attached hydrogens (tertiary/aromatic N) is 1. The predicted octanol–water partition coefficient (Wildman–Crippen LogP) is 1.85. The van der Waals surface area contributed by atoms with Crippen LogP contribution in [0.4, 0.5) is 0 Å². The number of aryl methyl sites for hydroxylation is 1. The highest BCUT2D eigenvalue weighted by atomic mass is 32.2. The van der Waals surface area contributed by atoms with Crippen LogP contribution in [0.25, 0.3) is 6.08 Å². The molecule has 2 amide bonds. The average Bonchev–Trinajstić information content (AvgIpc) is 3.24. The van der Waals surface area contributed by atoms with E-state index < -0.39 is 27.8 Å². The lowest BCUT2D eigenvalue weighted by atomic mass is 9.99. The zero-order chi connectivity index (χ0) is 20.9. The van der Waals surface area contributed by atoms with Gasteiger partial charge in [0.15, 0.2) is 0 Å². The molecule has 0 spiro atoms. The van der Waals surface area contributed by atoms with Gasteiger partial charge in [0.2, 0.25) is 15.9 Å². The largest absolute Gasteiger partial charge is 0.465 e. The molecule has 0 bridgehead atoms. The number of piperidine rings is 1. The molecule has 0 unspecified atom stereocenters. The van der Waals surface area contributed by atoms with Gasteiger partial charge in [0.25, 0.3) is 5.91 Å². The van der Waals surface area contributed by atoms with Gasteiger partial charge >= 0.3 is 0 Å². The second-order valence-electron chi connectivity index (χ2n) is 6.84. The van der Waals surface area contributed by atoms with Gasteiger partial charge in [-0.05, 0) is 50.1 Å². The molecular formula is C20H23N3O5S. The third kappa shape index (κ3) is 5.33. The molecule has 3 rings (SSSR count). The number of carbonyl (C=O) groups excluding carboxylic acids is 2. The van der Waals surface area contributed by atoms with E-state index in [2.05, 4.69) is 10.9 Å². The van der Waals surface area contributed by atoms with Gasteiger partial charge in [-0.2, -0.15) is 4.31 Å². The Hall–Kier alpha value is -2.91. The lowest BCUT2D eigenvalue weighted by molar-refractivity contribution is -0.130. The first-order valence-corrected chi connectivity index (χ1v) is 10.7. The minimum Gasteiger partial charge on any atom is -0.465 e. The maximum atomic E-state index is 12.8. The van der Waals surface area contributed by atoms with Crippen LogP contribution in [-0.4, -0.2) is 37.6 Å². The molecule has 1 atom stereocenters. The van der Waals surface area contributed by atoms with Crippen LogP contribution in [0.15, 0.2) is 58.1 Å². The van der Waals surface area contributed by atoms with Crippen molar-refractivity contribution in [1.82, 2.24) is 15.2 Å². The van der Waals surface area contributed by atoms with E-state index >= 15 is 0 Å². The lowest BCUT2D eigenvalue weighted by Crippen LogP contribution is -2.49. The van der Waals surface area contributed by atoms with Crippen LogP contribution >= 0.6 is 0 Å². The van der Waals surface area contributed by atoms with E-state index in [1.165, 1.54) is 22.7 Å². The highest BCUT2D eigenvalue weighted by molar-refractivity contribution is 7.89. The molecule has 1 saturated heterocycles. The van der Waals surface area contributed by atoms with Crippen molar-refractivity contribution in [2.45, 2.75) is 24.7 Å². The second-order valence-corrected chi connectivity index (χ2v) is 8.78. The number of hydrogen-bond donors (Lipinski definition) is 2. The Morgan fingerprint density at radius 2 is 1.93 bits per heavy atom. The fraction of sp³-hybridized carbons (Fsp3) is 0.300. The van der Waals surface area contributed by atoms with Crippen molar-refractivity contribution < 1.29 is 22.4 Å². The molecule has 1 fully saturated rings. The Kier molecular flexibility index (Phi) is 6.50. The zero-order valence-corrected chi connectivity index (χ0v) is 16.8. The quantitative estimate of drug-likeness (QED) is 0.570. The summed E-state index contributed by atoms with van der Waals surface area (Å²) in [5, 5.41) is 0. The van der Waals surface area contributed by atoms with Crippen molar-refractivity contribution in [1.29, 1.82) is 0 Å². The molecule has 0 saturated carbocycles. The second kappa shape index (κ2) is 9.06. The maximum absolute atomic E-state index is 12.8. The van der Waals surface area contributed by atoms with Crippen molar-refractivity contribution >= 4 is 27.9 Å². The highest BCUT2D eigenvalue weighted by Crippen LogP contribution is 2.24. The van der Waals surface area contributed by atoms with E-state index in [-0.39, 0.29) is 11.4 Å². The summed E-state index contributed by atoms with van der Waals surface area (Å²) in [7, 11) is -3.67. The monoisotopic (exact) mass is 417 g/mol. The third-order valence-corrected chi connectivity index (χ3v) is 6.54. The smallest absolute Gasteiger partial charge is 0.262 e. The molecule has 2 aromatic rings. The van der Waals surface area contributed by atoms with Crippen molar-refractivity contribution in [3.05, 3.63) is 60.1 Å².